The Morgan fingerprint density at radius 1 is 0.892 bits per heavy atom. The number of anilines is 2. The van der Waals surface area contributed by atoms with Crippen molar-refractivity contribution in [1.29, 1.82) is 0 Å². The number of carbonyl (C=O) groups excluding carboxylic acids is 3. The summed E-state index contributed by atoms with van der Waals surface area (Å²) in [5.74, 6) is -1.72. The Balaban J connectivity index is 1.55. The van der Waals surface area contributed by atoms with Gasteiger partial charge >= 0.3 is 11.8 Å². The van der Waals surface area contributed by atoms with Crippen molar-refractivity contribution in [1.82, 2.24) is 5.43 Å². The highest BCUT2D eigenvalue weighted by atomic mass is 35.5. The molecule has 37 heavy (non-hydrogen) atoms. The fourth-order valence-electron chi connectivity index (χ4n) is 2.95. The van der Waals surface area contributed by atoms with Gasteiger partial charge in [0, 0.05) is 10.7 Å². The Morgan fingerprint density at radius 3 is 2.32 bits per heavy atom. The molecule has 0 saturated carbocycles. The van der Waals surface area contributed by atoms with Gasteiger partial charge in [0.1, 0.15) is 0 Å². The summed E-state index contributed by atoms with van der Waals surface area (Å²) >= 11 is 18.0. The van der Waals surface area contributed by atoms with Crippen LogP contribution in [0.4, 0.5) is 11.4 Å². The molecule has 0 aromatic heterocycles. The third-order valence-electron chi connectivity index (χ3n) is 4.87. The number of amides is 3. The van der Waals surface area contributed by atoms with Crippen molar-refractivity contribution in [3.63, 3.8) is 0 Å². The lowest BCUT2D eigenvalue weighted by Gasteiger charge is -2.12. The van der Waals surface area contributed by atoms with Crippen molar-refractivity contribution in [2.45, 2.75) is 6.92 Å². The van der Waals surface area contributed by atoms with Crippen LogP contribution in [0.15, 0.2) is 59.7 Å². The zero-order chi connectivity index (χ0) is 26.9. The van der Waals surface area contributed by atoms with Crippen molar-refractivity contribution in [2.75, 3.05) is 24.4 Å². The van der Waals surface area contributed by atoms with Crippen LogP contribution in [-0.4, -0.2) is 37.7 Å². The van der Waals surface area contributed by atoms with Gasteiger partial charge in [0.2, 0.25) is 0 Å². The van der Waals surface area contributed by atoms with Crippen molar-refractivity contribution in [3.8, 4) is 11.5 Å². The summed E-state index contributed by atoms with van der Waals surface area (Å²) in [4.78, 5) is 36.4. The first-order valence-corrected chi connectivity index (χ1v) is 11.8. The van der Waals surface area contributed by atoms with Gasteiger partial charge in [-0.05, 0) is 60.5 Å². The minimum absolute atomic E-state index is 0.111. The molecule has 3 amide bonds. The molecule has 12 heteroatoms. The molecule has 0 heterocycles. The van der Waals surface area contributed by atoms with Gasteiger partial charge in [-0.2, -0.15) is 5.10 Å². The Hall–Kier alpha value is -3.79. The third kappa shape index (κ3) is 7.60. The lowest BCUT2D eigenvalue weighted by molar-refractivity contribution is -0.136. The van der Waals surface area contributed by atoms with Crippen LogP contribution < -0.4 is 25.5 Å². The van der Waals surface area contributed by atoms with Crippen LogP contribution >= 0.6 is 34.8 Å². The number of hydrazone groups is 1. The first-order chi connectivity index (χ1) is 17.7. The van der Waals surface area contributed by atoms with Gasteiger partial charge in [-0.1, -0.05) is 46.9 Å². The molecule has 0 radical (unpaired) electrons. The number of nitrogens with zero attached hydrogens (tertiary/aromatic N) is 1. The summed E-state index contributed by atoms with van der Waals surface area (Å²) in [5, 5.41) is 9.75. The summed E-state index contributed by atoms with van der Waals surface area (Å²) in [6.07, 6.45) is 1.30. The number of hydrogen-bond donors (Lipinski definition) is 3. The van der Waals surface area contributed by atoms with Crippen LogP contribution in [0.2, 0.25) is 15.1 Å². The Bertz CT molecular complexity index is 1360. The molecule has 192 valence electrons. The second kappa shape index (κ2) is 13.0. The van der Waals surface area contributed by atoms with Crippen LogP contribution in [0.25, 0.3) is 0 Å². The lowest BCUT2D eigenvalue weighted by atomic mass is 10.2. The van der Waals surface area contributed by atoms with Crippen LogP contribution in [-0.2, 0) is 14.4 Å². The lowest BCUT2D eigenvalue weighted by Crippen LogP contribution is -2.32. The molecule has 0 fully saturated rings. The molecule has 9 nitrogen and oxygen atoms in total. The molecule has 0 atom stereocenters. The van der Waals surface area contributed by atoms with E-state index < -0.39 is 11.8 Å². The van der Waals surface area contributed by atoms with Crippen molar-refractivity contribution in [3.05, 3.63) is 80.8 Å². The molecule has 0 aliphatic heterocycles. The van der Waals surface area contributed by atoms with Crippen LogP contribution in [0.5, 0.6) is 11.5 Å². The Kier molecular flexibility index (Phi) is 9.73. The maximum absolute atomic E-state index is 12.3. The number of carbonyl (C=O) groups is 3. The molecule has 3 aromatic carbocycles. The molecule has 0 bridgehead atoms. The molecular weight excluding hydrogens is 543 g/mol. The van der Waals surface area contributed by atoms with Crippen LogP contribution in [0.1, 0.15) is 11.1 Å². The van der Waals surface area contributed by atoms with Gasteiger partial charge in [-0.25, -0.2) is 5.43 Å². The second-order valence-corrected chi connectivity index (χ2v) is 8.61. The standard InChI is InChI=1S/C25H21Cl3N4O5/c1-14-16(26)5-3-7-18(14)30-22(33)13-37-20-10-9-15(11-21(20)36-2)12-29-32-25(35)24(34)31-19-8-4-6-17(27)23(19)28/h3-12H,13H2,1-2H3,(H,30,33)(H,31,34)(H,32,35)/b29-12-. The second-order valence-electron chi connectivity index (χ2n) is 7.41. The first kappa shape index (κ1) is 27.8. The molecule has 0 saturated heterocycles. The molecular formula is C25H21Cl3N4O5. The van der Waals surface area contributed by atoms with Gasteiger partial charge < -0.3 is 20.1 Å². The minimum Gasteiger partial charge on any atom is -0.493 e. The van der Waals surface area contributed by atoms with E-state index in [1.54, 1.807) is 55.5 Å². The smallest absolute Gasteiger partial charge is 0.329 e. The van der Waals surface area contributed by atoms with Crippen molar-refractivity contribution >= 4 is 70.1 Å². The van der Waals surface area contributed by atoms with Gasteiger partial charge in [0.15, 0.2) is 18.1 Å². The zero-order valence-electron chi connectivity index (χ0n) is 19.6. The third-order valence-corrected chi connectivity index (χ3v) is 6.10. The number of rotatable bonds is 8. The van der Waals surface area contributed by atoms with Gasteiger partial charge in [-0.3, -0.25) is 14.4 Å². The van der Waals surface area contributed by atoms with Gasteiger partial charge in [0.25, 0.3) is 5.91 Å². The number of hydrogen-bond acceptors (Lipinski definition) is 6. The summed E-state index contributed by atoms with van der Waals surface area (Å²) in [6, 6.07) is 14.6. The molecule has 3 aromatic rings. The van der Waals surface area contributed by atoms with E-state index >= 15 is 0 Å². The van der Waals surface area contributed by atoms with Crippen molar-refractivity contribution in [2.24, 2.45) is 5.10 Å². The van der Waals surface area contributed by atoms with E-state index in [-0.39, 0.29) is 28.2 Å². The maximum atomic E-state index is 12.3. The topological polar surface area (TPSA) is 118 Å². The fourth-order valence-corrected chi connectivity index (χ4v) is 3.47. The molecule has 0 spiro atoms. The number of nitrogens with one attached hydrogen (secondary N) is 3. The van der Waals surface area contributed by atoms with E-state index in [4.69, 9.17) is 44.3 Å². The SMILES string of the molecule is COc1cc(/C=N\NC(=O)C(=O)Nc2cccc(Cl)c2Cl)ccc1OCC(=O)Nc1cccc(Cl)c1C. The number of methoxy groups -OCH3 is 1. The summed E-state index contributed by atoms with van der Waals surface area (Å²) in [7, 11) is 1.44. The Morgan fingerprint density at radius 2 is 1.59 bits per heavy atom. The monoisotopic (exact) mass is 562 g/mol. The summed E-state index contributed by atoms with van der Waals surface area (Å²) in [6.45, 7) is 1.53. The fraction of sp³-hybridized carbons (Fsp3) is 0.120. The predicted molar refractivity (Wildman–Crippen MR) is 144 cm³/mol. The summed E-state index contributed by atoms with van der Waals surface area (Å²) < 4.78 is 10.9. The first-order valence-electron chi connectivity index (χ1n) is 10.6. The van der Waals surface area contributed by atoms with Crippen molar-refractivity contribution < 1.29 is 23.9 Å². The highest BCUT2D eigenvalue weighted by Crippen LogP contribution is 2.30. The van der Waals surface area contributed by atoms with Crippen LogP contribution in [0.3, 0.4) is 0 Å². The van der Waals surface area contributed by atoms with E-state index in [9.17, 15) is 14.4 Å². The number of halogens is 3. The normalized spacial score (nSPS) is 10.6. The molecule has 0 aliphatic rings. The maximum Gasteiger partial charge on any atom is 0.329 e. The van der Waals surface area contributed by atoms with Gasteiger partial charge in [-0.15, -0.1) is 0 Å². The highest BCUT2D eigenvalue weighted by molar-refractivity contribution is 6.45. The minimum atomic E-state index is -1.01. The molecule has 3 N–H and O–H groups in total. The molecule has 0 unspecified atom stereocenters. The summed E-state index contributed by atoms with van der Waals surface area (Å²) in [5.41, 5.74) is 4.17. The Labute approximate surface area is 227 Å². The predicted octanol–water partition coefficient (Wildman–Crippen LogP) is 5.07. The molecule has 3 rings (SSSR count). The van der Waals surface area contributed by atoms with E-state index in [0.717, 1.165) is 5.56 Å². The quantitative estimate of drug-likeness (QED) is 0.201. The van der Waals surface area contributed by atoms with E-state index in [0.29, 0.717) is 27.8 Å². The largest absolute Gasteiger partial charge is 0.493 e. The molecule has 0 aliphatic carbocycles. The van der Waals surface area contributed by atoms with E-state index in [2.05, 4.69) is 21.2 Å². The number of ether oxygens (including phenoxy) is 2. The average Bonchev–Trinajstić information content (AvgIpc) is 2.88. The highest BCUT2D eigenvalue weighted by Gasteiger charge is 2.15. The van der Waals surface area contributed by atoms with Crippen LogP contribution in [0, 0.1) is 6.92 Å². The van der Waals surface area contributed by atoms with Gasteiger partial charge in [0.05, 0.1) is 29.1 Å². The number of benzene rings is 3. The zero-order valence-corrected chi connectivity index (χ0v) is 21.9. The average molecular weight is 564 g/mol. The van der Waals surface area contributed by atoms with E-state index in [1.807, 2.05) is 0 Å². The van der Waals surface area contributed by atoms with E-state index in [1.165, 1.54) is 19.4 Å².